The van der Waals surface area contributed by atoms with E-state index in [1.165, 1.54) is 5.56 Å². The molecule has 0 unspecified atom stereocenters. The summed E-state index contributed by atoms with van der Waals surface area (Å²) in [5, 5.41) is 5.61. The van der Waals surface area contributed by atoms with Crippen molar-refractivity contribution < 1.29 is 4.74 Å². The van der Waals surface area contributed by atoms with Gasteiger partial charge in [-0.3, -0.25) is 0 Å². The Bertz CT molecular complexity index is 908. The maximum Gasteiger partial charge on any atom is 0.122 e. The molecule has 1 aliphatic rings. The van der Waals surface area contributed by atoms with Gasteiger partial charge in [0.2, 0.25) is 0 Å². The number of fused-ring (bicyclic) bond motifs is 1. The van der Waals surface area contributed by atoms with Gasteiger partial charge >= 0.3 is 0 Å². The number of halogens is 3. The summed E-state index contributed by atoms with van der Waals surface area (Å²) in [7, 11) is 0. The van der Waals surface area contributed by atoms with E-state index in [0.717, 1.165) is 40.2 Å². The van der Waals surface area contributed by atoms with Crippen molar-refractivity contribution in [2.24, 2.45) is 0 Å². The van der Waals surface area contributed by atoms with Gasteiger partial charge in [-0.2, -0.15) is 5.10 Å². The molecule has 3 nitrogen and oxygen atoms in total. The molecule has 1 aliphatic heterocycles. The van der Waals surface area contributed by atoms with Crippen LogP contribution in [0.2, 0.25) is 10.0 Å². The van der Waals surface area contributed by atoms with E-state index in [1.54, 1.807) is 18.3 Å². The second-order valence-corrected chi connectivity index (χ2v) is 6.97. The zero-order valence-corrected chi connectivity index (χ0v) is 15.0. The number of ether oxygens (including phenoxy) is 1. The summed E-state index contributed by atoms with van der Waals surface area (Å²) in [6, 6.07) is 11.6. The fourth-order valence-electron chi connectivity index (χ4n) is 2.76. The zero-order valence-electron chi connectivity index (χ0n) is 11.9. The normalized spacial score (nSPS) is 13.0. The van der Waals surface area contributed by atoms with Crippen LogP contribution in [-0.2, 0) is 6.42 Å². The van der Waals surface area contributed by atoms with Gasteiger partial charge in [-0.1, -0.05) is 23.2 Å². The summed E-state index contributed by atoms with van der Waals surface area (Å²) in [4.78, 5) is 0. The number of nitrogens with zero attached hydrogens (tertiary/aromatic N) is 2. The van der Waals surface area contributed by atoms with Crippen molar-refractivity contribution in [3.63, 3.8) is 0 Å². The van der Waals surface area contributed by atoms with E-state index >= 15 is 0 Å². The average molecular weight is 410 g/mol. The van der Waals surface area contributed by atoms with Crippen molar-refractivity contribution in [3.8, 4) is 22.7 Å². The van der Waals surface area contributed by atoms with Gasteiger partial charge in [0.05, 0.1) is 33.7 Å². The molecule has 6 heteroatoms. The summed E-state index contributed by atoms with van der Waals surface area (Å²) in [6.07, 6.45) is 2.70. The van der Waals surface area contributed by atoms with Gasteiger partial charge < -0.3 is 4.74 Å². The van der Waals surface area contributed by atoms with Gasteiger partial charge in [0.15, 0.2) is 0 Å². The molecule has 116 valence electrons. The van der Waals surface area contributed by atoms with Crippen LogP contribution < -0.4 is 4.74 Å². The van der Waals surface area contributed by atoms with Crippen LogP contribution in [0.1, 0.15) is 5.56 Å². The first-order valence-corrected chi connectivity index (χ1v) is 8.63. The Hall–Kier alpha value is -1.49. The van der Waals surface area contributed by atoms with Crippen molar-refractivity contribution in [1.29, 1.82) is 0 Å². The Labute approximate surface area is 151 Å². The van der Waals surface area contributed by atoms with Crippen molar-refractivity contribution in [1.82, 2.24) is 9.78 Å². The van der Waals surface area contributed by atoms with E-state index in [1.807, 2.05) is 22.9 Å². The van der Waals surface area contributed by atoms with Gasteiger partial charge in [0.25, 0.3) is 0 Å². The molecule has 23 heavy (non-hydrogen) atoms. The zero-order chi connectivity index (χ0) is 16.0. The molecule has 0 spiro atoms. The molecule has 0 aliphatic carbocycles. The molecule has 0 N–H and O–H groups in total. The number of hydrogen-bond acceptors (Lipinski definition) is 2. The Morgan fingerprint density at radius 3 is 2.83 bits per heavy atom. The van der Waals surface area contributed by atoms with Crippen LogP contribution in [0.5, 0.6) is 5.75 Å². The van der Waals surface area contributed by atoms with Crippen LogP contribution >= 0.6 is 39.1 Å². The predicted molar refractivity (Wildman–Crippen MR) is 95.9 cm³/mol. The Balaban J connectivity index is 1.88. The van der Waals surface area contributed by atoms with Crippen LogP contribution in [0.3, 0.4) is 0 Å². The summed E-state index contributed by atoms with van der Waals surface area (Å²) in [5.74, 6) is 0.959. The highest BCUT2D eigenvalue weighted by Gasteiger charge is 2.18. The largest absolute Gasteiger partial charge is 0.493 e. The van der Waals surface area contributed by atoms with E-state index < -0.39 is 0 Å². The second-order valence-electron chi connectivity index (χ2n) is 5.27. The first-order valence-electron chi connectivity index (χ1n) is 7.08. The smallest absolute Gasteiger partial charge is 0.122 e. The van der Waals surface area contributed by atoms with Gasteiger partial charge in [-0.25, -0.2) is 4.68 Å². The summed E-state index contributed by atoms with van der Waals surface area (Å²) < 4.78 is 8.30. The third kappa shape index (κ3) is 2.65. The number of hydrogen-bond donors (Lipinski definition) is 0. The number of rotatable bonds is 2. The number of aromatic nitrogens is 2. The monoisotopic (exact) mass is 408 g/mol. The lowest BCUT2D eigenvalue weighted by Gasteiger charge is -2.11. The lowest BCUT2D eigenvalue weighted by Crippen LogP contribution is -2.00. The minimum atomic E-state index is 0.554. The molecule has 0 saturated carbocycles. The van der Waals surface area contributed by atoms with Crippen molar-refractivity contribution in [2.75, 3.05) is 6.61 Å². The Kier molecular flexibility index (Phi) is 3.84. The summed E-state index contributed by atoms with van der Waals surface area (Å²) in [6.45, 7) is 0.738. The van der Waals surface area contributed by atoms with Crippen molar-refractivity contribution in [2.45, 2.75) is 6.42 Å². The van der Waals surface area contributed by atoms with E-state index in [4.69, 9.17) is 27.9 Å². The van der Waals surface area contributed by atoms with E-state index in [2.05, 4.69) is 27.1 Å². The Morgan fingerprint density at radius 2 is 2.00 bits per heavy atom. The standard InChI is InChI=1S/C17H11BrCl2N2O/c18-13-9-21-22(15-3-2-12(19)8-14(15)20)17(13)11-1-4-16-10(7-11)5-6-23-16/h1-4,7-9H,5-6H2. The van der Waals surface area contributed by atoms with E-state index in [0.29, 0.717) is 10.0 Å². The molecule has 4 rings (SSSR count). The predicted octanol–water partition coefficient (Wildman–Crippen LogP) is 5.54. The highest BCUT2D eigenvalue weighted by atomic mass is 79.9. The van der Waals surface area contributed by atoms with Crippen LogP contribution in [0.25, 0.3) is 16.9 Å². The molecule has 0 saturated heterocycles. The van der Waals surface area contributed by atoms with Crippen LogP contribution in [0.15, 0.2) is 47.1 Å². The molecule has 0 radical (unpaired) electrons. The molecule has 1 aromatic heterocycles. The first kappa shape index (κ1) is 15.1. The lowest BCUT2D eigenvalue weighted by molar-refractivity contribution is 0.357. The fraction of sp³-hybridized carbons (Fsp3) is 0.118. The summed E-state index contributed by atoms with van der Waals surface area (Å²) in [5.41, 5.74) is 4.01. The van der Waals surface area contributed by atoms with Gasteiger partial charge in [-0.15, -0.1) is 0 Å². The molecule has 2 aromatic carbocycles. The third-order valence-corrected chi connectivity index (χ3v) is 4.94. The number of benzene rings is 2. The molecular formula is C17H11BrCl2N2O. The topological polar surface area (TPSA) is 27.1 Å². The molecule has 3 aromatic rings. The van der Waals surface area contributed by atoms with E-state index in [9.17, 15) is 0 Å². The highest BCUT2D eigenvalue weighted by Crippen LogP contribution is 2.36. The van der Waals surface area contributed by atoms with Gasteiger partial charge in [0, 0.05) is 17.0 Å². The van der Waals surface area contributed by atoms with Crippen LogP contribution in [0, 0.1) is 0 Å². The minimum Gasteiger partial charge on any atom is -0.493 e. The second kappa shape index (κ2) is 5.86. The van der Waals surface area contributed by atoms with Gasteiger partial charge in [-0.05, 0) is 57.9 Å². The maximum atomic E-state index is 6.35. The van der Waals surface area contributed by atoms with Crippen molar-refractivity contribution in [3.05, 3.63) is 62.7 Å². The highest BCUT2D eigenvalue weighted by molar-refractivity contribution is 9.10. The quantitative estimate of drug-likeness (QED) is 0.555. The minimum absolute atomic E-state index is 0.554. The third-order valence-electron chi connectivity index (χ3n) is 3.83. The molecule has 0 amide bonds. The molecule has 0 atom stereocenters. The van der Waals surface area contributed by atoms with Gasteiger partial charge in [0.1, 0.15) is 5.75 Å². The van der Waals surface area contributed by atoms with Crippen LogP contribution in [0.4, 0.5) is 0 Å². The molecular weight excluding hydrogens is 399 g/mol. The molecule has 0 bridgehead atoms. The molecule has 2 heterocycles. The lowest BCUT2D eigenvalue weighted by atomic mass is 10.1. The fourth-order valence-corrected chi connectivity index (χ4v) is 3.74. The maximum absolute atomic E-state index is 6.35. The Morgan fingerprint density at radius 1 is 1.13 bits per heavy atom. The SMILES string of the molecule is Clc1ccc(-n2ncc(Br)c2-c2ccc3c(c2)CCO3)c(Cl)c1. The average Bonchev–Trinajstić information content (AvgIpc) is 3.13. The van der Waals surface area contributed by atoms with E-state index in [-0.39, 0.29) is 0 Å². The van der Waals surface area contributed by atoms with Crippen molar-refractivity contribution >= 4 is 39.1 Å². The molecule has 0 fully saturated rings. The summed E-state index contributed by atoms with van der Waals surface area (Å²) >= 11 is 15.9. The van der Waals surface area contributed by atoms with Crippen LogP contribution in [-0.4, -0.2) is 16.4 Å². The first-order chi connectivity index (χ1) is 11.1.